The number of hydrogen-bond acceptors (Lipinski definition) is 1. The second kappa shape index (κ2) is 8.23. The quantitative estimate of drug-likeness (QED) is 0.313. The third-order valence-electron chi connectivity index (χ3n) is 5.30. The predicted molar refractivity (Wildman–Crippen MR) is 113 cm³/mol. The van der Waals surface area contributed by atoms with Gasteiger partial charge in [0.05, 0.1) is 0 Å². The zero-order valence-corrected chi connectivity index (χ0v) is 16.6. The summed E-state index contributed by atoms with van der Waals surface area (Å²) in [6.45, 7) is 2.08. The van der Waals surface area contributed by atoms with E-state index < -0.39 is 28.8 Å². The maximum absolute atomic E-state index is 15.2. The van der Waals surface area contributed by atoms with Gasteiger partial charge in [-0.2, -0.15) is 5.26 Å². The fourth-order valence-electron chi connectivity index (χ4n) is 3.76. The topological polar surface area (TPSA) is 23.8 Å². The van der Waals surface area contributed by atoms with E-state index in [4.69, 9.17) is 5.26 Å². The average Bonchev–Trinajstić information content (AvgIpc) is 2.74. The van der Waals surface area contributed by atoms with Crippen LogP contribution in [-0.2, 0) is 6.42 Å². The van der Waals surface area contributed by atoms with E-state index in [0.29, 0.717) is 10.9 Å². The lowest BCUT2D eigenvalue weighted by molar-refractivity contribution is 0.577. The molecule has 1 nitrogen and oxygen atoms in total. The van der Waals surface area contributed by atoms with E-state index in [1.54, 1.807) is 18.2 Å². The first-order valence-corrected chi connectivity index (χ1v) is 9.83. The van der Waals surface area contributed by atoms with Crippen molar-refractivity contribution < 1.29 is 17.6 Å². The molecule has 0 heterocycles. The normalized spacial score (nSPS) is 11.0. The van der Waals surface area contributed by atoms with Gasteiger partial charge in [-0.25, -0.2) is 17.6 Å². The second-order valence-corrected chi connectivity index (χ2v) is 7.35. The highest BCUT2D eigenvalue weighted by Crippen LogP contribution is 2.33. The van der Waals surface area contributed by atoms with Crippen LogP contribution >= 0.6 is 0 Å². The lowest BCUT2D eigenvalue weighted by Gasteiger charge is -2.11. The van der Waals surface area contributed by atoms with Crippen LogP contribution in [0, 0.1) is 34.6 Å². The van der Waals surface area contributed by atoms with Gasteiger partial charge < -0.3 is 0 Å². The predicted octanol–water partition coefficient (Wildman–Crippen LogP) is 7.55. The molecule has 5 heteroatoms. The summed E-state index contributed by atoms with van der Waals surface area (Å²) in [7, 11) is 0. The Hall–Kier alpha value is -3.65. The number of rotatable bonds is 4. The molecule has 0 amide bonds. The minimum absolute atomic E-state index is 0.0412. The highest BCUT2D eigenvalue weighted by Gasteiger charge is 2.16. The van der Waals surface area contributed by atoms with Gasteiger partial charge >= 0.3 is 0 Å². The summed E-state index contributed by atoms with van der Waals surface area (Å²) in [5.41, 5.74) is 0.865. The van der Waals surface area contributed by atoms with Gasteiger partial charge in [-0.1, -0.05) is 55.8 Å². The average molecular weight is 419 g/mol. The SMILES string of the molecule is CCCc1ccc2c(F)c(-c3ccc(-c4cc(F)c(C#N)c(F)c4)c(F)c3)ccc2c1. The Labute approximate surface area is 177 Å². The molecule has 0 bridgehead atoms. The first-order valence-electron chi connectivity index (χ1n) is 9.83. The number of aryl methyl sites for hydroxylation is 1. The van der Waals surface area contributed by atoms with Crippen LogP contribution in [0.15, 0.2) is 60.7 Å². The molecule has 0 aliphatic carbocycles. The summed E-state index contributed by atoms with van der Waals surface area (Å²) in [4.78, 5) is 0. The highest BCUT2D eigenvalue weighted by atomic mass is 19.1. The van der Waals surface area contributed by atoms with Crippen molar-refractivity contribution in [1.82, 2.24) is 0 Å². The molecular weight excluding hydrogens is 402 g/mol. The van der Waals surface area contributed by atoms with Crippen molar-refractivity contribution in [3.05, 3.63) is 95.1 Å². The minimum Gasteiger partial charge on any atom is -0.206 e. The third kappa shape index (κ3) is 3.77. The van der Waals surface area contributed by atoms with Crippen LogP contribution in [0.3, 0.4) is 0 Å². The van der Waals surface area contributed by atoms with Crippen molar-refractivity contribution in [3.8, 4) is 28.3 Å². The molecule has 0 radical (unpaired) electrons. The van der Waals surface area contributed by atoms with Crippen molar-refractivity contribution in [1.29, 1.82) is 5.26 Å². The van der Waals surface area contributed by atoms with Gasteiger partial charge in [0.1, 0.15) is 34.9 Å². The highest BCUT2D eigenvalue weighted by molar-refractivity contribution is 5.89. The molecule has 154 valence electrons. The Morgan fingerprint density at radius 1 is 0.742 bits per heavy atom. The Kier molecular flexibility index (Phi) is 5.48. The molecule has 0 saturated carbocycles. The molecule has 0 spiro atoms. The number of halogens is 4. The molecule has 0 aliphatic rings. The smallest absolute Gasteiger partial charge is 0.144 e. The summed E-state index contributed by atoms with van der Waals surface area (Å²) >= 11 is 0. The van der Waals surface area contributed by atoms with Crippen LogP contribution in [0.2, 0.25) is 0 Å². The maximum atomic E-state index is 15.2. The number of nitriles is 1. The van der Waals surface area contributed by atoms with E-state index in [1.165, 1.54) is 18.2 Å². The lowest BCUT2D eigenvalue weighted by Crippen LogP contribution is -1.94. The van der Waals surface area contributed by atoms with Gasteiger partial charge in [-0.15, -0.1) is 0 Å². The number of nitrogens with zero attached hydrogens (tertiary/aromatic N) is 1. The molecule has 0 unspecified atom stereocenters. The minimum atomic E-state index is -1.07. The molecule has 0 saturated heterocycles. The molecule has 0 fully saturated rings. The van der Waals surface area contributed by atoms with E-state index >= 15 is 4.39 Å². The molecule has 4 rings (SSSR count). The van der Waals surface area contributed by atoms with Gasteiger partial charge in [0.2, 0.25) is 0 Å². The Bertz CT molecular complexity index is 1330. The summed E-state index contributed by atoms with van der Waals surface area (Å²) in [5.74, 6) is -3.34. The zero-order valence-electron chi connectivity index (χ0n) is 16.6. The number of hydrogen-bond donors (Lipinski definition) is 0. The number of benzene rings is 4. The van der Waals surface area contributed by atoms with Crippen LogP contribution in [-0.4, -0.2) is 0 Å². The molecule has 31 heavy (non-hydrogen) atoms. The molecule has 4 aromatic rings. The van der Waals surface area contributed by atoms with Gasteiger partial charge in [0, 0.05) is 16.5 Å². The molecule has 0 atom stereocenters. The van der Waals surface area contributed by atoms with Gasteiger partial charge in [0.15, 0.2) is 0 Å². The standard InChI is InChI=1S/C26H17F4N/c1-2-3-15-4-7-20-16(10-15)6-9-21(26(20)30)17-5-8-19(23(27)11-17)18-12-24(28)22(14-31)25(29)13-18/h4-13H,2-3H2,1H3. The van der Waals surface area contributed by atoms with E-state index in [2.05, 4.69) is 6.92 Å². The Balaban J connectivity index is 1.76. The third-order valence-corrected chi connectivity index (χ3v) is 5.30. The second-order valence-electron chi connectivity index (χ2n) is 7.35. The van der Waals surface area contributed by atoms with E-state index in [9.17, 15) is 13.2 Å². The summed E-state index contributed by atoms with van der Waals surface area (Å²) in [5, 5.41) is 10.00. The van der Waals surface area contributed by atoms with Crippen molar-refractivity contribution in [2.45, 2.75) is 19.8 Å². The zero-order chi connectivity index (χ0) is 22.1. The van der Waals surface area contributed by atoms with Gasteiger partial charge in [-0.3, -0.25) is 0 Å². The monoisotopic (exact) mass is 419 g/mol. The van der Waals surface area contributed by atoms with Crippen LogP contribution in [0.4, 0.5) is 17.6 Å². The summed E-state index contributed by atoms with van der Waals surface area (Å²) in [6.07, 6.45) is 1.90. The lowest BCUT2D eigenvalue weighted by atomic mass is 9.95. The van der Waals surface area contributed by atoms with E-state index in [1.807, 2.05) is 12.1 Å². The molecule has 0 aromatic heterocycles. The fraction of sp³-hybridized carbons (Fsp3) is 0.115. The van der Waals surface area contributed by atoms with E-state index in [0.717, 1.165) is 42.0 Å². The fourth-order valence-corrected chi connectivity index (χ4v) is 3.76. The van der Waals surface area contributed by atoms with E-state index in [-0.39, 0.29) is 16.7 Å². The Morgan fingerprint density at radius 2 is 1.42 bits per heavy atom. The van der Waals surface area contributed by atoms with Gasteiger partial charge in [0.25, 0.3) is 0 Å². The molecule has 0 N–H and O–H groups in total. The van der Waals surface area contributed by atoms with Crippen molar-refractivity contribution in [3.63, 3.8) is 0 Å². The van der Waals surface area contributed by atoms with Crippen molar-refractivity contribution in [2.24, 2.45) is 0 Å². The summed E-state index contributed by atoms with van der Waals surface area (Å²) < 4.78 is 57.8. The van der Waals surface area contributed by atoms with Crippen LogP contribution in [0.25, 0.3) is 33.0 Å². The van der Waals surface area contributed by atoms with Crippen LogP contribution in [0.1, 0.15) is 24.5 Å². The molecular formula is C26H17F4N. The maximum Gasteiger partial charge on any atom is 0.144 e. The first-order chi connectivity index (χ1) is 14.9. The molecule has 4 aromatic carbocycles. The van der Waals surface area contributed by atoms with Crippen molar-refractivity contribution in [2.75, 3.05) is 0 Å². The van der Waals surface area contributed by atoms with Crippen molar-refractivity contribution >= 4 is 10.8 Å². The van der Waals surface area contributed by atoms with Crippen LogP contribution in [0.5, 0.6) is 0 Å². The number of fused-ring (bicyclic) bond motifs is 1. The van der Waals surface area contributed by atoms with Gasteiger partial charge in [-0.05, 0) is 46.7 Å². The largest absolute Gasteiger partial charge is 0.206 e. The van der Waals surface area contributed by atoms with Crippen LogP contribution < -0.4 is 0 Å². The first kappa shape index (κ1) is 20.6. The molecule has 0 aliphatic heterocycles. The summed E-state index contributed by atoms with van der Waals surface area (Å²) in [6, 6.07) is 16.2. The Morgan fingerprint density at radius 3 is 2.06 bits per heavy atom.